The highest BCUT2D eigenvalue weighted by atomic mass is 35.5. The highest BCUT2D eigenvalue weighted by Gasteiger charge is 2.26. The van der Waals surface area contributed by atoms with E-state index in [9.17, 15) is 4.57 Å². The van der Waals surface area contributed by atoms with Gasteiger partial charge in [0.2, 0.25) is 0 Å². The zero-order valence-corrected chi connectivity index (χ0v) is 17.4. The van der Waals surface area contributed by atoms with E-state index in [0.717, 1.165) is 27.6 Å². The Kier molecular flexibility index (Phi) is 5.96. The lowest BCUT2D eigenvalue weighted by Gasteiger charge is -2.16. The molecule has 0 amide bonds. The average Bonchev–Trinajstić information content (AvgIpc) is 3.14. The number of hydrogen-bond donors (Lipinski definition) is 0. The van der Waals surface area contributed by atoms with Gasteiger partial charge in [0.05, 0.1) is 13.0 Å². The molecule has 0 N–H and O–H groups in total. The van der Waals surface area contributed by atoms with E-state index in [1.54, 1.807) is 0 Å². The van der Waals surface area contributed by atoms with Crippen molar-refractivity contribution in [3.8, 4) is 0 Å². The molecule has 122 valence electrons. The third kappa shape index (κ3) is 5.09. The normalized spacial score (nSPS) is 12.0. The van der Waals surface area contributed by atoms with Gasteiger partial charge in [0.1, 0.15) is 7.14 Å². The first-order chi connectivity index (χ1) is 10.9. The second kappa shape index (κ2) is 7.61. The molecule has 0 unspecified atom stereocenters. The largest absolute Gasteiger partial charge is 0.322 e. The fourth-order valence-corrected chi connectivity index (χ4v) is 10.2. The van der Waals surface area contributed by atoms with E-state index < -0.39 is 7.14 Å². The third-order valence-corrected chi connectivity index (χ3v) is 10.3. The molecular formula is C15H12Cl3OPS3. The van der Waals surface area contributed by atoms with Gasteiger partial charge in [-0.25, -0.2) is 0 Å². The summed E-state index contributed by atoms with van der Waals surface area (Å²) < 4.78 is 15.8. The summed E-state index contributed by atoms with van der Waals surface area (Å²) in [4.78, 5) is 3.18. The Balaban J connectivity index is 1.86. The molecule has 0 aliphatic heterocycles. The van der Waals surface area contributed by atoms with Crippen molar-refractivity contribution >= 4 is 76.0 Å². The molecule has 0 saturated carbocycles. The predicted octanol–water partition coefficient (Wildman–Crippen LogP) is 8.09. The van der Waals surface area contributed by atoms with E-state index in [2.05, 4.69) is 0 Å². The van der Waals surface area contributed by atoms with Crippen molar-refractivity contribution in [1.29, 1.82) is 0 Å². The molecular weight excluding hydrogens is 430 g/mol. The van der Waals surface area contributed by atoms with E-state index in [1.165, 1.54) is 34.0 Å². The maximum absolute atomic E-state index is 13.6. The van der Waals surface area contributed by atoms with Gasteiger partial charge in [-0.3, -0.25) is 0 Å². The van der Waals surface area contributed by atoms with Crippen molar-refractivity contribution in [2.75, 3.05) is 0 Å². The Morgan fingerprint density at radius 1 is 0.652 bits per heavy atom. The maximum atomic E-state index is 13.6. The fourth-order valence-electron chi connectivity index (χ4n) is 2.33. The number of rotatable bonds is 6. The van der Waals surface area contributed by atoms with Crippen molar-refractivity contribution in [1.82, 2.24) is 0 Å². The van der Waals surface area contributed by atoms with Crippen LogP contribution in [0, 0.1) is 0 Å². The Bertz CT molecular complexity index is 742. The van der Waals surface area contributed by atoms with E-state index in [-0.39, 0.29) is 0 Å². The van der Waals surface area contributed by atoms with Gasteiger partial charge in [-0.2, -0.15) is 0 Å². The Morgan fingerprint density at radius 3 is 1.17 bits per heavy atom. The van der Waals surface area contributed by atoms with Crippen LogP contribution in [0.25, 0.3) is 0 Å². The summed E-state index contributed by atoms with van der Waals surface area (Å²) in [5.41, 5.74) is 0. The van der Waals surface area contributed by atoms with Crippen LogP contribution in [0.4, 0.5) is 0 Å². The average molecular weight is 442 g/mol. The molecule has 0 saturated heterocycles. The zero-order valence-electron chi connectivity index (χ0n) is 11.8. The Hall–Kier alpha value is 0.200. The quantitative estimate of drug-likeness (QED) is 0.353. The molecule has 0 aliphatic rings. The molecule has 3 heterocycles. The molecule has 3 aromatic rings. The minimum Gasteiger partial charge on any atom is -0.322 e. The summed E-state index contributed by atoms with van der Waals surface area (Å²) in [5, 5.41) is 0. The van der Waals surface area contributed by atoms with E-state index >= 15 is 0 Å². The van der Waals surface area contributed by atoms with Crippen LogP contribution in [0.3, 0.4) is 0 Å². The molecule has 0 atom stereocenters. The standard InChI is InChI=1S/C15H12Cl3OPS3/c16-13-4-1-10(21-13)7-20(19,8-11-2-5-14(17)22-11)9-12-3-6-15(18)23-12/h1-6H,7-9H2. The number of hydrogen-bond acceptors (Lipinski definition) is 4. The SMILES string of the molecule is O=P(Cc1ccc(Cl)s1)(Cc1ccc(Cl)s1)Cc1ccc(Cl)s1. The molecule has 0 fully saturated rings. The van der Waals surface area contributed by atoms with Crippen LogP contribution in [0.2, 0.25) is 13.0 Å². The minimum absolute atomic E-state index is 0.551. The lowest BCUT2D eigenvalue weighted by Crippen LogP contribution is -1.94. The van der Waals surface area contributed by atoms with Gasteiger partial charge >= 0.3 is 0 Å². The first-order valence-electron chi connectivity index (χ1n) is 6.72. The fraction of sp³-hybridized carbons (Fsp3) is 0.200. The van der Waals surface area contributed by atoms with Gasteiger partial charge < -0.3 is 4.57 Å². The molecule has 0 aromatic carbocycles. The van der Waals surface area contributed by atoms with Crippen LogP contribution in [-0.2, 0) is 23.1 Å². The van der Waals surface area contributed by atoms with Crippen LogP contribution in [0.5, 0.6) is 0 Å². The molecule has 3 aromatic heterocycles. The second-order valence-corrected chi connectivity index (χ2v) is 13.6. The summed E-state index contributed by atoms with van der Waals surface area (Å²) >= 11 is 22.5. The molecule has 23 heavy (non-hydrogen) atoms. The van der Waals surface area contributed by atoms with E-state index in [0.29, 0.717) is 18.5 Å². The zero-order chi connectivity index (χ0) is 16.4. The minimum atomic E-state index is -2.49. The molecule has 0 spiro atoms. The van der Waals surface area contributed by atoms with Crippen molar-refractivity contribution in [2.45, 2.75) is 18.5 Å². The molecule has 0 aliphatic carbocycles. The molecule has 3 rings (SSSR count). The number of halogens is 3. The first kappa shape index (κ1) is 18.0. The van der Waals surface area contributed by atoms with Gasteiger partial charge in [-0.05, 0) is 36.4 Å². The Labute approximate surface area is 162 Å². The molecule has 1 nitrogen and oxygen atoms in total. The van der Waals surface area contributed by atoms with Gasteiger partial charge in [0.15, 0.2) is 0 Å². The van der Waals surface area contributed by atoms with Crippen molar-refractivity contribution in [3.05, 3.63) is 64.0 Å². The monoisotopic (exact) mass is 440 g/mol. The van der Waals surface area contributed by atoms with Crippen LogP contribution < -0.4 is 0 Å². The molecule has 0 bridgehead atoms. The first-order valence-corrected chi connectivity index (χ1v) is 12.6. The van der Waals surface area contributed by atoms with Crippen molar-refractivity contribution < 1.29 is 4.57 Å². The van der Waals surface area contributed by atoms with Gasteiger partial charge in [-0.15, -0.1) is 34.0 Å². The van der Waals surface area contributed by atoms with E-state index in [1.807, 2.05) is 36.4 Å². The van der Waals surface area contributed by atoms with Crippen LogP contribution in [-0.4, -0.2) is 0 Å². The summed E-state index contributed by atoms with van der Waals surface area (Å²) in [6.07, 6.45) is 1.65. The molecule has 0 radical (unpaired) electrons. The number of thiophene rings is 3. The van der Waals surface area contributed by atoms with Gasteiger partial charge in [0.25, 0.3) is 0 Å². The van der Waals surface area contributed by atoms with Crippen molar-refractivity contribution in [2.24, 2.45) is 0 Å². The molecule has 8 heteroatoms. The van der Waals surface area contributed by atoms with Crippen molar-refractivity contribution in [3.63, 3.8) is 0 Å². The van der Waals surface area contributed by atoms with E-state index in [4.69, 9.17) is 34.8 Å². The van der Waals surface area contributed by atoms with Crippen LogP contribution >= 0.6 is 76.0 Å². The lowest BCUT2D eigenvalue weighted by molar-refractivity contribution is 0.573. The Morgan fingerprint density at radius 2 is 0.957 bits per heavy atom. The predicted molar refractivity (Wildman–Crippen MR) is 107 cm³/mol. The highest BCUT2D eigenvalue weighted by molar-refractivity contribution is 7.62. The van der Waals surface area contributed by atoms with Gasteiger partial charge in [0, 0.05) is 33.1 Å². The lowest BCUT2D eigenvalue weighted by atomic mass is 10.5. The topological polar surface area (TPSA) is 17.1 Å². The summed E-state index contributed by atoms with van der Waals surface area (Å²) in [6, 6.07) is 11.5. The summed E-state index contributed by atoms with van der Waals surface area (Å²) in [5.74, 6) is 0. The second-order valence-electron chi connectivity index (χ2n) is 5.15. The summed E-state index contributed by atoms with van der Waals surface area (Å²) in [6.45, 7) is 0. The third-order valence-electron chi connectivity index (χ3n) is 3.22. The highest BCUT2D eigenvalue weighted by Crippen LogP contribution is 2.57. The van der Waals surface area contributed by atoms with Gasteiger partial charge in [-0.1, -0.05) is 34.8 Å². The van der Waals surface area contributed by atoms with Crippen LogP contribution in [0.15, 0.2) is 36.4 Å². The summed E-state index contributed by atoms with van der Waals surface area (Å²) in [7, 11) is -2.49. The maximum Gasteiger partial charge on any atom is 0.103 e. The smallest absolute Gasteiger partial charge is 0.103 e. The van der Waals surface area contributed by atoms with Crippen LogP contribution in [0.1, 0.15) is 14.6 Å².